The second kappa shape index (κ2) is 6.42. The van der Waals surface area contributed by atoms with Crippen LogP contribution in [-0.4, -0.2) is 15.8 Å². The second-order valence-corrected chi connectivity index (χ2v) is 4.19. The van der Waals surface area contributed by atoms with Crippen molar-refractivity contribution in [2.75, 3.05) is 5.32 Å². The van der Waals surface area contributed by atoms with Gasteiger partial charge in [-0.2, -0.15) is 0 Å². The monoisotopic (exact) mass is 271 g/mol. The van der Waals surface area contributed by atoms with Crippen LogP contribution in [0.2, 0.25) is 0 Å². The number of amides is 1. The minimum atomic E-state index is -0.534. The molecule has 2 rings (SSSR count). The molecule has 1 amide bonds. The summed E-state index contributed by atoms with van der Waals surface area (Å²) >= 11 is 0. The van der Waals surface area contributed by atoms with Gasteiger partial charge in [0.15, 0.2) is 0 Å². The molecule has 1 aromatic carbocycles. The largest absolute Gasteiger partial charge is 0.311 e. The maximum atomic E-state index is 11.7. The highest BCUT2D eigenvalue weighted by atomic mass is 16.6. The van der Waals surface area contributed by atoms with Gasteiger partial charge in [0.25, 0.3) is 5.69 Å². The number of benzene rings is 1. The lowest BCUT2D eigenvalue weighted by Crippen LogP contribution is -2.13. The van der Waals surface area contributed by atoms with Gasteiger partial charge < -0.3 is 5.32 Å². The van der Waals surface area contributed by atoms with Gasteiger partial charge in [-0.15, -0.1) is 0 Å². The summed E-state index contributed by atoms with van der Waals surface area (Å²) in [5, 5.41) is 13.1. The van der Waals surface area contributed by atoms with E-state index in [1.165, 1.54) is 12.1 Å². The predicted molar refractivity (Wildman–Crippen MR) is 74.3 cm³/mol. The Bertz CT molecular complexity index is 597. The average Bonchev–Trinajstić information content (AvgIpc) is 2.47. The molecule has 0 unspecified atom stereocenters. The fourth-order valence-corrected chi connectivity index (χ4v) is 1.68. The molecule has 0 saturated heterocycles. The Morgan fingerprint density at radius 1 is 1.20 bits per heavy atom. The highest BCUT2D eigenvalue weighted by Gasteiger charge is 2.07. The van der Waals surface area contributed by atoms with E-state index in [2.05, 4.69) is 10.3 Å². The van der Waals surface area contributed by atoms with Crippen molar-refractivity contribution in [3.05, 3.63) is 64.3 Å². The van der Waals surface area contributed by atoms with Crippen LogP contribution in [0.3, 0.4) is 0 Å². The molecule has 0 spiro atoms. The third-order valence-corrected chi connectivity index (χ3v) is 2.71. The lowest BCUT2D eigenvalue weighted by atomic mass is 10.1. The van der Waals surface area contributed by atoms with Gasteiger partial charge in [-0.25, -0.2) is 4.98 Å². The van der Waals surface area contributed by atoms with Gasteiger partial charge in [0.1, 0.15) is 12.0 Å². The van der Waals surface area contributed by atoms with Gasteiger partial charge in [-0.1, -0.05) is 30.3 Å². The molecular weight excluding hydrogens is 258 g/mol. The molecule has 0 bridgehead atoms. The summed E-state index contributed by atoms with van der Waals surface area (Å²) in [7, 11) is 0. The average molecular weight is 271 g/mol. The summed E-state index contributed by atoms with van der Waals surface area (Å²) < 4.78 is 0. The molecule has 1 N–H and O–H groups in total. The van der Waals surface area contributed by atoms with Crippen molar-refractivity contribution in [3.63, 3.8) is 0 Å². The molecule has 20 heavy (non-hydrogen) atoms. The van der Waals surface area contributed by atoms with Crippen LogP contribution in [-0.2, 0) is 11.2 Å². The van der Waals surface area contributed by atoms with Gasteiger partial charge in [-0.05, 0) is 18.1 Å². The number of pyridine rings is 1. The zero-order valence-electron chi connectivity index (χ0n) is 10.7. The third-order valence-electron chi connectivity index (χ3n) is 2.71. The molecule has 0 radical (unpaired) electrons. The number of aryl methyl sites for hydroxylation is 1. The Morgan fingerprint density at radius 2 is 1.95 bits per heavy atom. The number of anilines is 1. The van der Waals surface area contributed by atoms with Crippen LogP contribution in [0.4, 0.5) is 11.5 Å². The molecular formula is C14H13N3O3. The molecule has 0 aliphatic heterocycles. The fraction of sp³-hybridized carbons (Fsp3) is 0.143. The number of nitrogens with zero attached hydrogens (tertiary/aromatic N) is 2. The SMILES string of the molecule is O=C(CCc1ccccc1)Nc1ccc([N+](=O)[O-])cn1. The van der Waals surface area contributed by atoms with Gasteiger partial charge >= 0.3 is 0 Å². The molecule has 0 aliphatic carbocycles. The smallest absolute Gasteiger partial charge is 0.287 e. The summed E-state index contributed by atoms with van der Waals surface area (Å²) in [6, 6.07) is 12.4. The standard InChI is InChI=1S/C14H13N3O3/c18-14(9-6-11-4-2-1-3-5-11)16-13-8-7-12(10-15-13)17(19)20/h1-5,7-8,10H,6,9H2,(H,15,16,18). The highest BCUT2D eigenvalue weighted by molar-refractivity contribution is 5.89. The topological polar surface area (TPSA) is 85.1 Å². The van der Waals surface area contributed by atoms with E-state index in [0.717, 1.165) is 11.8 Å². The Morgan fingerprint density at radius 3 is 2.55 bits per heavy atom. The Labute approximate surface area is 115 Å². The predicted octanol–water partition coefficient (Wildman–Crippen LogP) is 2.56. The lowest BCUT2D eigenvalue weighted by molar-refractivity contribution is -0.385. The number of hydrogen-bond acceptors (Lipinski definition) is 4. The normalized spacial score (nSPS) is 10.0. The molecule has 0 aliphatic rings. The van der Waals surface area contributed by atoms with Crippen molar-refractivity contribution in [2.24, 2.45) is 0 Å². The van der Waals surface area contributed by atoms with E-state index >= 15 is 0 Å². The first-order valence-corrected chi connectivity index (χ1v) is 6.09. The van der Waals surface area contributed by atoms with E-state index < -0.39 is 4.92 Å². The van der Waals surface area contributed by atoms with Crippen LogP contribution < -0.4 is 5.32 Å². The van der Waals surface area contributed by atoms with Crippen molar-refractivity contribution in [2.45, 2.75) is 12.8 Å². The number of rotatable bonds is 5. The maximum absolute atomic E-state index is 11.7. The van der Waals surface area contributed by atoms with Crippen LogP contribution in [0.1, 0.15) is 12.0 Å². The summed E-state index contributed by atoms with van der Waals surface area (Å²) in [5.74, 6) is 0.142. The van der Waals surface area contributed by atoms with Crippen LogP contribution in [0.5, 0.6) is 0 Å². The van der Waals surface area contributed by atoms with Crippen molar-refractivity contribution in [1.82, 2.24) is 4.98 Å². The molecule has 0 saturated carbocycles. The summed E-state index contributed by atoms with van der Waals surface area (Å²) in [5.41, 5.74) is 0.978. The van der Waals surface area contributed by atoms with Crippen molar-refractivity contribution >= 4 is 17.4 Å². The van der Waals surface area contributed by atoms with E-state index in [-0.39, 0.29) is 11.6 Å². The van der Waals surface area contributed by atoms with Crippen molar-refractivity contribution in [1.29, 1.82) is 0 Å². The zero-order valence-corrected chi connectivity index (χ0v) is 10.7. The number of nitrogens with one attached hydrogen (secondary N) is 1. The summed E-state index contributed by atoms with van der Waals surface area (Å²) in [6.45, 7) is 0. The molecule has 1 aromatic heterocycles. The molecule has 1 heterocycles. The molecule has 0 atom stereocenters. The van der Waals surface area contributed by atoms with Crippen LogP contribution in [0.25, 0.3) is 0 Å². The summed E-state index contributed by atoms with van der Waals surface area (Å²) in [4.78, 5) is 25.5. The lowest BCUT2D eigenvalue weighted by Gasteiger charge is -2.04. The van der Waals surface area contributed by atoms with Gasteiger partial charge in [0, 0.05) is 12.5 Å². The number of aromatic nitrogens is 1. The second-order valence-electron chi connectivity index (χ2n) is 4.19. The number of carbonyl (C=O) groups is 1. The maximum Gasteiger partial charge on any atom is 0.287 e. The van der Waals surface area contributed by atoms with E-state index in [1.54, 1.807) is 0 Å². The molecule has 0 fully saturated rings. The van der Waals surface area contributed by atoms with Gasteiger partial charge in [0.2, 0.25) is 5.91 Å². The Balaban J connectivity index is 1.86. The Kier molecular flexibility index (Phi) is 4.39. The minimum Gasteiger partial charge on any atom is -0.311 e. The number of nitro groups is 1. The van der Waals surface area contributed by atoms with Crippen LogP contribution in [0.15, 0.2) is 48.7 Å². The minimum absolute atomic E-state index is 0.104. The Hall–Kier alpha value is -2.76. The third kappa shape index (κ3) is 3.88. The number of hydrogen-bond donors (Lipinski definition) is 1. The number of carbonyl (C=O) groups excluding carboxylic acids is 1. The fourth-order valence-electron chi connectivity index (χ4n) is 1.68. The molecule has 6 nitrogen and oxygen atoms in total. The van der Waals surface area contributed by atoms with E-state index in [1.807, 2.05) is 30.3 Å². The van der Waals surface area contributed by atoms with Crippen LogP contribution >= 0.6 is 0 Å². The zero-order chi connectivity index (χ0) is 14.4. The quantitative estimate of drug-likeness (QED) is 0.669. The van der Waals surface area contributed by atoms with Crippen LogP contribution in [0, 0.1) is 10.1 Å². The first-order valence-electron chi connectivity index (χ1n) is 6.09. The van der Waals surface area contributed by atoms with Crippen molar-refractivity contribution < 1.29 is 9.72 Å². The molecule has 6 heteroatoms. The van der Waals surface area contributed by atoms with E-state index in [9.17, 15) is 14.9 Å². The molecule has 102 valence electrons. The van der Waals surface area contributed by atoms with E-state index in [4.69, 9.17) is 0 Å². The first kappa shape index (κ1) is 13.7. The van der Waals surface area contributed by atoms with Crippen molar-refractivity contribution in [3.8, 4) is 0 Å². The van der Waals surface area contributed by atoms with Gasteiger partial charge in [0.05, 0.1) is 4.92 Å². The van der Waals surface area contributed by atoms with Gasteiger partial charge in [-0.3, -0.25) is 14.9 Å². The molecule has 2 aromatic rings. The highest BCUT2D eigenvalue weighted by Crippen LogP contribution is 2.12. The summed E-state index contributed by atoms with van der Waals surface area (Å²) in [6.07, 6.45) is 2.09. The van der Waals surface area contributed by atoms with E-state index in [0.29, 0.717) is 18.7 Å². The first-order chi connectivity index (χ1) is 9.65.